The molecule has 1 unspecified atom stereocenters. The molecular formula is C10H20N2. The number of hydrogen-bond donors (Lipinski definition) is 1. The molecule has 0 aromatic rings. The maximum atomic E-state index is 3.65. The maximum Gasteiger partial charge on any atom is 0.0710 e. The van der Waals surface area contributed by atoms with E-state index < -0.39 is 0 Å². The number of rotatable bonds is 1. The standard InChI is InChI=1S/C10H20N2/c1-10(9-5-3-4-6-9)11-7-8-12(10)2/h9,11H,3-8H2,1-2H3. The van der Waals surface area contributed by atoms with E-state index in [4.69, 9.17) is 0 Å². The lowest BCUT2D eigenvalue weighted by atomic mass is 9.92. The van der Waals surface area contributed by atoms with Gasteiger partial charge in [-0.2, -0.15) is 0 Å². The lowest BCUT2D eigenvalue weighted by molar-refractivity contribution is 0.0982. The fourth-order valence-electron chi connectivity index (χ4n) is 2.79. The average molecular weight is 168 g/mol. The molecule has 1 aliphatic carbocycles. The average Bonchev–Trinajstić information content (AvgIpc) is 2.62. The normalized spacial score (nSPS) is 39.5. The van der Waals surface area contributed by atoms with E-state index in [0.29, 0.717) is 5.66 Å². The summed E-state index contributed by atoms with van der Waals surface area (Å²) in [6.07, 6.45) is 5.73. The van der Waals surface area contributed by atoms with Gasteiger partial charge in [-0.1, -0.05) is 12.8 Å². The molecule has 2 aliphatic rings. The summed E-state index contributed by atoms with van der Waals surface area (Å²) in [5.41, 5.74) is 0.316. The van der Waals surface area contributed by atoms with Gasteiger partial charge in [0, 0.05) is 13.1 Å². The molecule has 0 radical (unpaired) electrons. The first-order valence-electron chi connectivity index (χ1n) is 5.20. The van der Waals surface area contributed by atoms with Crippen LogP contribution in [0.3, 0.4) is 0 Å². The summed E-state index contributed by atoms with van der Waals surface area (Å²) in [4.78, 5) is 2.49. The van der Waals surface area contributed by atoms with Crippen molar-refractivity contribution in [3.05, 3.63) is 0 Å². The zero-order valence-electron chi connectivity index (χ0n) is 8.27. The minimum absolute atomic E-state index is 0.316. The second-order valence-corrected chi connectivity index (χ2v) is 4.48. The maximum absolute atomic E-state index is 3.65. The van der Waals surface area contributed by atoms with Crippen molar-refractivity contribution in [1.29, 1.82) is 0 Å². The summed E-state index contributed by atoms with van der Waals surface area (Å²) in [6.45, 7) is 4.76. The Balaban J connectivity index is 2.07. The number of nitrogens with one attached hydrogen (secondary N) is 1. The van der Waals surface area contributed by atoms with Crippen LogP contribution in [-0.2, 0) is 0 Å². The number of nitrogens with zero attached hydrogens (tertiary/aromatic N) is 1. The van der Waals surface area contributed by atoms with E-state index in [9.17, 15) is 0 Å². The molecule has 1 saturated carbocycles. The molecule has 0 aromatic heterocycles. The Morgan fingerprint density at radius 1 is 1.33 bits per heavy atom. The number of hydrogen-bond acceptors (Lipinski definition) is 2. The van der Waals surface area contributed by atoms with Gasteiger partial charge in [-0.25, -0.2) is 0 Å². The van der Waals surface area contributed by atoms with Crippen LogP contribution >= 0.6 is 0 Å². The summed E-state index contributed by atoms with van der Waals surface area (Å²) in [6, 6.07) is 0. The summed E-state index contributed by atoms with van der Waals surface area (Å²) in [5.74, 6) is 0.894. The first-order valence-corrected chi connectivity index (χ1v) is 5.20. The van der Waals surface area contributed by atoms with E-state index in [1.165, 1.54) is 38.8 Å². The Hall–Kier alpha value is -0.0800. The molecule has 1 N–H and O–H groups in total. The predicted molar refractivity (Wildman–Crippen MR) is 51.0 cm³/mol. The molecule has 2 nitrogen and oxygen atoms in total. The lowest BCUT2D eigenvalue weighted by Crippen LogP contribution is -2.52. The van der Waals surface area contributed by atoms with E-state index in [1.54, 1.807) is 0 Å². The molecule has 0 bridgehead atoms. The van der Waals surface area contributed by atoms with Crippen molar-refractivity contribution in [3.8, 4) is 0 Å². The third-order valence-electron chi connectivity index (χ3n) is 3.87. The Bertz CT molecular complexity index is 163. The summed E-state index contributed by atoms with van der Waals surface area (Å²) in [7, 11) is 2.25. The van der Waals surface area contributed by atoms with Crippen molar-refractivity contribution in [3.63, 3.8) is 0 Å². The summed E-state index contributed by atoms with van der Waals surface area (Å²) < 4.78 is 0. The van der Waals surface area contributed by atoms with Gasteiger partial charge in [-0.3, -0.25) is 10.2 Å². The van der Waals surface area contributed by atoms with Crippen molar-refractivity contribution in [1.82, 2.24) is 10.2 Å². The van der Waals surface area contributed by atoms with Crippen molar-refractivity contribution < 1.29 is 0 Å². The van der Waals surface area contributed by atoms with Gasteiger partial charge in [0.15, 0.2) is 0 Å². The van der Waals surface area contributed by atoms with Crippen LogP contribution in [-0.4, -0.2) is 30.7 Å². The second-order valence-electron chi connectivity index (χ2n) is 4.48. The molecule has 2 heteroatoms. The van der Waals surface area contributed by atoms with Crippen LogP contribution in [0, 0.1) is 5.92 Å². The molecule has 1 aliphatic heterocycles. The van der Waals surface area contributed by atoms with E-state index in [0.717, 1.165) is 5.92 Å². The molecule has 0 amide bonds. The van der Waals surface area contributed by atoms with Gasteiger partial charge >= 0.3 is 0 Å². The molecule has 2 fully saturated rings. The van der Waals surface area contributed by atoms with Gasteiger partial charge in [-0.05, 0) is 32.7 Å². The van der Waals surface area contributed by atoms with Crippen LogP contribution in [0.2, 0.25) is 0 Å². The third kappa shape index (κ3) is 1.17. The Morgan fingerprint density at radius 3 is 2.50 bits per heavy atom. The van der Waals surface area contributed by atoms with Gasteiger partial charge in [0.05, 0.1) is 5.66 Å². The molecule has 1 heterocycles. The van der Waals surface area contributed by atoms with Gasteiger partial charge in [0.25, 0.3) is 0 Å². The molecule has 1 saturated heterocycles. The van der Waals surface area contributed by atoms with Crippen LogP contribution in [0.1, 0.15) is 32.6 Å². The zero-order chi connectivity index (χ0) is 8.60. The van der Waals surface area contributed by atoms with Crippen molar-refractivity contribution in [2.24, 2.45) is 5.92 Å². The van der Waals surface area contributed by atoms with Crippen LogP contribution in [0.25, 0.3) is 0 Å². The van der Waals surface area contributed by atoms with Crippen molar-refractivity contribution >= 4 is 0 Å². The molecule has 0 spiro atoms. The van der Waals surface area contributed by atoms with E-state index in [-0.39, 0.29) is 0 Å². The predicted octanol–water partition coefficient (Wildman–Crippen LogP) is 1.43. The fraction of sp³-hybridized carbons (Fsp3) is 1.00. The van der Waals surface area contributed by atoms with Gasteiger partial charge in [-0.15, -0.1) is 0 Å². The Labute approximate surface area is 75.3 Å². The van der Waals surface area contributed by atoms with Gasteiger partial charge < -0.3 is 0 Å². The Morgan fingerprint density at radius 2 is 2.00 bits per heavy atom. The molecule has 1 atom stereocenters. The highest BCUT2D eigenvalue weighted by molar-refractivity contribution is 4.95. The summed E-state index contributed by atoms with van der Waals surface area (Å²) in [5, 5.41) is 3.65. The van der Waals surface area contributed by atoms with E-state index in [1.807, 2.05) is 0 Å². The first kappa shape index (κ1) is 8.52. The molecule has 70 valence electrons. The highest BCUT2D eigenvalue weighted by atomic mass is 15.4. The van der Waals surface area contributed by atoms with Crippen LogP contribution < -0.4 is 5.32 Å². The summed E-state index contributed by atoms with van der Waals surface area (Å²) >= 11 is 0. The molecule has 0 aromatic carbocycles. The van der Waals surface area contributed by atoms with Crippen LogP contribution in [0.15, 0.2) is 0 Å². The largest absolute Gasteiger partial charge is 0.298 e. The molecule has 2 rings (SSSR count). The molecule has 12 heavy (non-hydrogen) atoms. The van der Waals surface area contributed by atoms with Gasteiger partial charge in [0.1, 0.15) is 0 Å². The smallest absolute Gasteiger partial charge is 0.0710 e. The topological polar surface area (TPSA) is 15.3 Å². The highest BCUT2D eigenvalue weighted by Crippen LogP contribution is 2.36. The van der Waals surface area contributed by atoms with Crippen molar-refractivity contribution in [2.45, 2.75) is 38.3 Å². The zero-order valence-corrected chi connectivity index (χ0v) is 8.27. The second kappa shape index (κ2) is 3.00. The number of likely N-dealkylation sites (N-methyl/N-ethyl adjacent to an activating group) is 1. The minimum atomic E-state index is 0.316. The van der Waals surface area contributed by atoms with Crippen LogP contribution in [0.5, 0.6) is 0 Å². The first-order chi connectivity index (χ1) is 5.73. The molecular weight excluding hydrogens is 148 g/mol. The van der Waals surface area contributed by atoms with E-state index >= 15 is 0 Å². The quantitative estimate of drug-likeness (QED) is 0.637. The highest BCUT2D eigenvalue weighted by Gasteiger charge is 2.41. The fourth-order valence-corrected chi connectivity index (χ4v) is 2.79. The van der Waals surface area contributed by atoms with Crippen molar-refractivity contribution in [2.75, 3.05) is 20.1 Å². The monoisotopic (exact) mass is 168 g/mol. The lowest BCUT2D eigenvalue weighted by Gasteiger charge is -2.38. The van der Waals surface area contributed by atoms with E-state index in [2.05, 4.69) is 24.2 Å². The minimum Gasteiger partial charge on any atom is -0.298 e. The Kier molecular flexibility index (Phi) is 2.13. The van der Waals surface area contributed by atoms with Gasteiger partial charge in [0.2, 0.25) is 0 Å². The van der Waals surface area contributed by atoms with Crippen LogP contribution in [0.4, 0.5) is 0 Å². The third-order valence-corrected chi connectivity index (χ3v) is 3.87. The SMILES string of the molecule is CN1CCNC1(C)C1CCCC1.